The Morgan fingerprint density at radius 2 is 2.31 bits per heavy atom. The summed E-state index contributed by atoms with van der Waals surface area (Å²) in [6.07, 6.45) is -1.54. The Balaban J connectivity index is 3.22. The Hall–Kier alpha value is -1.56. The van der Waals surface area contributed by atoms with Crippen LogP contribution in [-0.2, 0) is 11.3 Å². The van der Waals surface area contributed by atoms with Gasteiger partial charge in [-0.3, -0.25) is 0 Å². The first-order valence-corrected chi connectivity index (χ1v) is 4.74. The van der Waals surface area contributed by atoms with Gasteiger partial charge in [0, 0.05) is 12.7 Å². The molecule has 1 aromatic heterocycles. The fraction of sp³-hybridized carbons (Fsp3) is 0.400. The van der Waals surface area contributed by atoms with Gasteiger partial charge in [0.2, 0.25) is 0 Å². The summed E-state index contributed by atoms with van der Waals surface area (Å²) in [5.74, 6) is -0.854. The maximum atomic E-state index is 12.8. The number of nitrogens with two attached hydrogens (primary N) is 1. The molecule has 2 N–H and O–H groups in total. The lowest BCUT2D eigenvalue weighted by Gasteiger charge is -2.10. The Bertz CT molecular complexity index is 383. The Labute approximate surface area is 91.4 Å². The van der Waals surface area contributed by atoms with Crippen LogP contribution in [0.3, 0.4) is 0 Å². The number of carbonyl (C=O) groups excluding carboxylic acids is 1. The zero-order chi connectivity index (χ0) is 12.1. The molecule has 4 nitrogen and oxygen atoms in total. The van der Waals surface area contributed by atoms with Crippen LogP contribution in [0.5, 0.6) is 0 Å². The lowest BCUT2D eigenvalue weighted by molar-refractivity contribution is 0.0507. The quantitative estimate of drug-likeness (QED) is 0.799. The smallest absolute Gasteiger partial charge is 0.357 e. The SMILES string of the molecule is CCOC(=O)c1nccc(CN)c1C(F)F. The van der Waals surface area contributed by atoms with Crippen LogP contribution in [0, 0.1) is 0 Å². The van der Waals surface area contributed by atoms with Gasteiger partial charge >= 0.3 is 5.97 Å². The average molecular weight is 230 g/mol. The molecule has 16 heavy (non-hydrogen) atoms. The topological polar surface area (TPSA) is 65.2 Å². The molecule has 0 saturated heterocycles. The monoisotopic (exact) mass is 230 g/mol. The van der Waals surface area contributed by atoms with Crippen LogP contribution in [0.1, 0.15) is 35.0 Å². The number of hydrogen-bond acceptors (Lipinski definition) is 4. The van der Waals surface area contributed by atoms with E-state index in [0.29, 0.717) is 0 Å². The van der Waals surface area contributed by atoms with Crippen molar-refractivity contribution in [2.45, 2.75) is 19.9 Å². The molecule has 0 radical (unpaired) electrons. The molecular weight excluding hydrogens is 218 g/mol. The van der Waals surface area contributed by atoms with Crippen molar-refractivity contribution in [3.8, 4) is 0 Å². The molecular formula is C10H12F2N2O2. The van der Waals surface area contributed by atoms with E-state index in [0.717, 1.165) is 0 Å². The van der Waals surface area contributed by atoms with Gasteiger partial charge in [0.25, 0.3) is 6.43 Å². The molecule has 0 aliphatic carbocycles. The number of nitrogens with zero attached hydrogens (tertiary/aromatic N) is 1. The van der Waals surface area contributed by atoms with Crippen molar-refractivity contribution in [1.29, 1.82) is 0 Å². The van der Waals surface area contributed by atoms with E-state index in [9.17, 15) is 13.6 Å². The lowest BCUT2D eigenvalue weighted by atomic mass is 10.1. The van der Waals surface area contributed by atoms with Gasteiger partial charge in [-0.25, -0.2) is 18.6 Å². The Morgan fingerprint density at radius 3 is 2.81 bits per heavy atom. The van der Waals surface area contributed by atoms with Crippen LogP contribution in [0.4, 0.5) is 8.78 Å². The molecule has 0 atom stereocenters. The third-order valence-corrected chi connectivity index (χ3v) is 1.99. The third-order valence-electron chi connectivity index (χ3n) is 1.99. The highest BCUT2D eigenvalue weighted by Crippen LogP contribution is 2.25. The Morgan fingerprint density at radius 1 is 1.62 bits per heavy atom. The number of halogens is 2. The average Bonchev–Trinajstić information content (AvgIpc) is 2.28. The standard InChI is InChI=1S/C10H12F2N2O2/c1-2-16-10(15)8-7(9(11)12)6(5-13)3-4-14-8/h3-4,9H,2,5,13H2,1H3. The van der Waals surface area contributed by atoms with E-state index in [2.05, 4.69) is 9.72 Å². The van der Waals surface area contributed by atoms with Crippen LogP contribution < -0.4 is 5.73 Å². The second-order valence-electron chi connectivity index (χ2n) is 2.96. The van der Waals surface area contributed by atoms with Crippen LogP contribution in [0.2, 0.25) is 0 Å². The summed E-state index contributed by atoms with van der Waals surface area (Å²) in [6, 6.07) is 1.37. The highest BCUT2D eigenvalue weighted by Gasteiger charge is 2.23. The van der Waals surface area contributed by atoms with Gasteiger partial charge in [0.15, 0.2) is 5.69 Å². The third kappa shape index (κ3) is 2.52. The molecule has 0 fully saturated rings. The number of hydrogen-bond donors (Lipinski definition) is 1. The van der Waals surface area contributed by atoms with E-state index in [-0.39, 0.29) is 24.4 Å². The number of carbonyl (C=O) groups is 1. The lowest BCUT2D eigenvalue weighted by Crippen LogP contribution is -2.14. The molecule has 1 heterocycles. The van der Waals surface area contributed by atoms with E-state index in [1.165, 1.54) is 12.3 Å². The predicted octanol–water partition coefficient (Wildman–Crippen LogP) is 1.65. The Kier molecular flexibility index (Phi) is 4.30. The van der Waals surface area contributed by atoms with Gasteiger partial charge in [-0.05, 0) is 18.6 Å². The molecule has 0 aliphatic rings. The molecule has 1 aromatic rings. The van der Waals surface area contributed by atoms with Gasteiger partial charge in [0.1, 0.15) is 0 Å². The predicted molar refractivity (Wildman–Crippen MR) is 53.0 cm³/mol. The van der Waals surface area contributed by atoms with Crippen molar-refractivity contribution in [1.82, 2.24) is 4.98 Å². The number of aromatic nitrogens is 1. The second-order valence-corrected chi connectivity index (χ2v) is 2.96. The van der Waals surface area contributed by atoms with Crippen molar-refractivity contribution in [3.63, 3.8) is 0 Å². The minimum atomic E-state index is -2.80. The molecule has 6 heteroatoms. The first-order chi connectivity index (χ1) is 7.61. The summed E-state index contributed by atoms with van der Waals surface area (Å²) >= 11 is 0. The molecule has 88 valence electrons. The van der Waals surface area contributed by atoms with Crippen LogP contribution in [0.15, 0.2) is 12.3 Å². The highest BCUT2D eigenvalue weighted by atomic mass is 19.3. The van der Waals surface area contributed by atoms with Crippen molar-refractivity contribution in [3.05, 3.63) is 29.1 Å². The molecule has 0 aromatic carbocycles. The van der Waals surface area contributed by atoms with Crippen LogP contribution in [-0.4, -0.2) is 17.6 Å². The van der Waals surface area contributed by atoms with E-state index in [4.69, 9.17) is 5.73 Å². The molecule has 0 saturated carbocycles. The van der Waals surface area contributed by atoms with Crippen molar-refractivity contribution in [2.75, 3.05) is 6.61 Å². The normalized spacial score (nSPS) is 10.6. The molecule has 0 unspecified atom stereocenters. The van der Waals surface area contributed by atoms with Gasteiger partial charge in [0.05, 0.1) is 12.2 Å². The molecule has 0 bridgehead atoms. The maximum Gasteiger partial charge on any atom is 0.357 e. The number of pyridine rings is 1. The van der Waals surface area contributed by atoms with Crippen LogP contribution in [0.25, 0.3) is 0 Å². The summed E-state index contributed by atoms with van der Waals surface area (Å²) in [6.45, 7) is 1.62. The second kappa shape index (κ2) is 5.50. The summed E-state index contributed by atoms with van der Waals surface area (Å²) < 4.78 is 30.2. The van der Waals surface area contributed by atoms with Gasteiger partial charge < -0.3 is 10.5 Å². The minimum Gasteiger partial charge on any atom is -0.461 e. The first kappa shape index (κ1) is 12.5. The zero-order valence-electron chi connectivity index (χ0n) is 8.74. The van der Waals surface area contributed by atoms with E-state index >= 15 is 0 Å². The molecule has 0 aliphatic heterocycles. The zero-order valence-corrected chi connectivity index (χ0v) is 8.74. The number of esters is 1. The van der Waals surface area contributed by atoms with Crippen LogP contribution >= 0.6 is 0 Å². The minimum absolute atomic E-state index is 0.0748. The summed E-state index contributed by atoms with van der Waals surface area (Å²) in [5.41, 5.74) is 4.72. The number of alkyl halides is 2. The van der Waals surface area contributed by atoms with Crippen molar-refractivity contribution in [2.24, 2.45) is 5.73 Å². The van der Waals surface area contributed by atoms with E-state index < -0.39 is 18.0 Å². The van der Waals surface area contributed by atoms with Gasteiger partial charge in [-0.2, -0.15) is 0 Å². The van der Waals surface area contributed by atoms with Crippen molar-refractivity contribution >= 4 is 5.97 Å². The summed E-state index contributed by atoms with van der Waals surface area (Å²) in [7, 11) is 0. The van der Waals surface area contributed by atoms with Gasteiger partial charge in [-0.1, -0.05) is 0 Å². The number of ether oxygens (including phenoxy) is 1. The maximum absolute atomic E-state index is 12.8. The molecule has 0 amide bonds. The van der Waals surface area contributed by atoms with Gasteiger partial charge in [-0.15, -0.1) is 0 Å². The molecule has 0 spiro atoms. The number of rotatable bonds is 4. The van der Waals surface area contributed by atoms with E-state index in [1.54, 1.807) is 6.92 Å². The first-order valence-electron chi connectivity index (χ1n) is 4.74. The van der Waals surface area contributed by atoms with Crippen molar-refractivity contribution < 1.29 is 18.3 Å². The summed E-state index contributed by atoms with van der Waals surface area (Å²) in [5, 5.41) is 0. The van der Waals surface area contributed by atoms with E-state index in [1.807, 2.05) is 0 Å². The summed E-state index contributed by atoms with van der Waals surface area (Å²) in [4.78, 5) is 15.0. The fourth-order valence-electron chi connectivity index (χ4n) is 1.30. The largest absolute Gasteiger partial charge is 0.461 e. The highest BCUT2D eigenvalue weighted by molar-refractivity contribution is 5.89. The molecule has 1 rings (SSSR count). The fourth-order valence-corrected chi connectivity index (χ4v) is 1.30.